The van der Waals surface area contributed by atoms with E-state index in [0.29, 0.717) is 25.0 Å². The highest BCUT2D eigenvalue weighted by molar-refractivity contribution is 5.99. The lowest BCUT2D eigenvalue weighted by molar-refractivity contribution is -0.135. The van der Waals surface area contributed by atoms with Crippen molar-refractivity contribution < 1.29 is 24.5 Å². The Hall–Kier alpha value is -3.07. The Kier molecular flexibility index (Phi) is 6.56. The number of carboxylic acids is 2. The highest BCUT2D eigenvalue weighted by Crippen LogP contribution is 2.29. The summed E-state index contributed by atoms with van der Waals surface area (Å²) in [6, 6.07) is 7.49. The Morgan fingerprint density at radius 2 is 1.88 bits per heavy atom. The van der Waals surface area contributed by atoms with Gasteiger partial charge in [-0.1, -0.05) is 12.1 Å². The van der Waals surface area contributed by atoms with Crippen LogP contribution in [0.3, 0.4) is 0 Å². The van der Waals surface area contributed by atoms with Crippen LogP contribution in [-0.4, -0.2) is 73.4 Å². The number of morpholine rings is 1. The van der Waals surface area contributed by atoms with Gasteiger partial charge < -0.3 is 30.1 Å². The molecule has 0 radical (unpaired) electrons. The Balaban J connectivity index is 2.37. The molecule has 0 amide bonds. The Labute approximate surface area is 151 Å². The fraction of sp³-hybridized carbons (Fsp3) is 0.353. The first kappa shape index (κ1) is 19.3. The summed E-state index contributed by atoms with van der Waals surface area (Å²) in [5, 5.41) is 20.6. The number of carboxylic acid groups (broad SMARTS) is 2. The van der Waals surface area contributed by atoms with Gasteiger partial charge in [-0.15, -0.1) is 0 Å². The van der Waals surface area contributed by atoms with E-state index in [-0.39, 0.29) is 5.96 Å². The second-order valence-corrected chi connectivity index (χ2v) is 5.74. The number of anilines is 1. The number of para-hydroxylation sites is 2. The van der Waals surface area contributed by atoms with Gasteiger partial charge in [0.25, 0.3) is 0 Å². The molecule has 0 atom stereocenters. The molecule has 0 spiro atoms. The predicted octanol–water partition coefficient (Wildman–Crippen LogP) is 0.715. The van der Waals surface area contributed by atoms with Crippen molar-refractivity contribution in [3.8, 4) is 0 Å². The molecule has 1 heterocycles. The molecular formula is C17H22N4O5. The van der Waals surface area contributed by atoms with E-state index in [1.165, 1.54) is 0 Å². The maximum Gasteiger partial charge on any atom is 0.352 e. The van der Waals surface area contributed by atoms with Crippen molar-refractivity contribution in [1.29, 1.82) is 0 Å². The summed E-state index contributed by atoms with van der Waals surface area (Å²) in [6.45, 7) is 2.72. The van der Waals surface area contributed by atoms with E-state index in [1.807, 2.05) is 24.3 Å². The number of nitrogens with zero attached hydrogens (tertiary/aromatic N) is 3. The number of aliphatic imine (C=N–C) groups is 1. The summed E-state index contributed by atoms with van der Waals surface area (Å²) in [5.74, 6) is -2.54. The molecule has 26 heavy (non-hydrogen) atoms. The number of rotatable bonds is 5. The normalized spacial score (nSPS) is 15.5. The van der Waals surface area contributed by atoms with Crippen LogP contribution in [0.1, 0.15) is 0 Å². The van der Waals surface area contributed by atoms with Crippen molar-refractivity contribution in [2.24, 2.45) is 4.99 Å². The Morgan fingerprint density at radius 1 is 1.23 bits per heavy atom. The topological polar surface area (TPSA) is 115 Å². The summed E-state index contributed by atoms with van der Waals surface area (Å²) in [5.41, 5.74) is 1.07. The van der Waals surface area contributed by atoms with Crippen LogP contribution in [0.5, 0.6) is 0 Å². The van der Waals surface area contributed by atoms with Crippen molar-refractivity contribution >= 4 is 29.3 Å². The second kappa shape index (κ2) is 8.86. The smallest absolute Gasteiger partial charge is 0.352 e. The predicted molar refractivity (Wildman–Crippen MR) is 96.7 cm³/mol. The summed E-state index contributed by atoms with van der Waals surface area (Å²) in [4.78, 5) is 30.3. The number of nitrogens with one attached hydrogen (secondary N) is 1. The van der Waals surface area contributed by atoms with Crippen LogP contribution >= 0.6 is 0 Å². The first-order valence-electron chi connectivity index (χ1n) is 8.01. The molecule has 1 aliphatic rings. The van der Waals surface area contributed by atoms with Crippen LogP contribution in [0.15, 0.2) is 41.0 Å². The first-order valence-corrected chi connectivity index (χ1v) is 8.01. The highest BCUT2D eigenvalue weighted by atomic mass is 16.5. The van der Waals surface area contributed by atoms with E-state index in [2.05, 4.69) is 15.2 Å². The summed E-state index contributed by atoms with van der Waals surface area (Å²) >= 11 is 0. The van der Waals surface area contributed by atoms with E-state index in [1.54, 1.807) is 19.0 Å². The molecule has 1 aliphatic heterocycles. The molecule has 1 saturated heterocycles. The Bertz CT molecular complexity index is 724. The molecular weight excluding hydrogens is 340 g/mol. The standard InChI is InChI=1S/C17H22N4O5/c1-20(2)17(19-13(16(24)25)11-15(22)23)18-12-5-3-4-6-14(12)21-7-9-26-10-8-21/h3-6,11H,7-10H2,1-2H3,(H,18,19)(H,22,23)(H,24,25)/b13-11+. The molecule has 140 valence electrons. The minimum atomic E-state index is -1.39. The molecule has 2 rings (SSSR count). The van der Waals surface area contributed by atoms with Crippen molar-refractivity contribution in [2.75, 3.05) is 45.3 Å². The van der Waals surface area contributed by atoms with E-state index in [0.717, 1.165) is 18.8 Å². The third kappa shape index (κ3) is 5.21. The number of benzene rings is 1. The molecule has 1 aromatic carbocycles. The lowest BCUT2D eigenvalue weighted by Gasteiger charge is -2.30. The molecule has 9 heteroatoms. The number of aliphatic carboxylic acids is 2. The van der Waals surface area contributed by atoms with Gasteiger partial charge in [-0.05, 0) is 12.1 Å². The zero-order valence-electron chi connectivity index (χ0n) is 14.7. The zero-order chi connectivity index (χ0) is 19.1. The lowest BCUT2D eigenvalue weighted by Crippen LogP contribution is -2.38. The minimum Gasteiger partial charge on any atom is -0.478 e. The lowest BCUT2D eigenvalue weighted by atomic mass is 10.2. The number of guanidine groups is 1. The molecule has 1 fully saturated rings. The van der Waals surface area contributed by atoms with E-state index in [9.17, 15) is 14.7 Å². The quantitative estimate of drug-likeness (QED) is 0.399. The number of hydrogen-bond acceptors (Lipinski definition) is 5. The molecule has 0 aromatic heterocycles. The molecule has 0 unspecified atom stereocenters. The fourth-order valence-corrected chi connectivity index (χ4v) is 2.38. The maximum absolute atomic E-state index is 11.3. The third-order valence-corrected chi connectivity index (χ3v) is 3.63. The summed E-state index contributed by atoms with van der Waals surface area (Å²) in [6.07, 6.45) is 0.592. The average Bonchev–Trinajstić information content (AvgIpc) is 2.61. The number of ether oxygens (including phenoxy) is 1. The number of hydrogen-bond donors (Lipinski definition) is 3. The van der Waals surface area contributed by atoms with Gasteiger partial charge in [0, 0.05) is 27.2 Å². The fourth-order valence-electron chi connectivity index (χ4n) is 2.38. The van der Waals surface area contributed by atoms with Crippen LogP contribution in [0.25, 0.3) is 0 Å². The van der Waals surface area contributed by atoms with E-state index in [4.69, 9.17) is 9.84 Å². The summed E-state index contributed by atoms with van der Waals surface area (Å²) < 4.78 is 5.37. The van der Waals surface area contributed by atoms with E-state index >= 15 is 0 Å². The zero-order valence-corrected chi connectivity index (χ0v) is 14.7. The first-order chi connectivity index (χ1) is 12.4. The number of carbonyl (C=O) groups is 2. The third-order valence-electron chi connectivity index (χ3n) is 3.63. The van der Waals surface area contributed by atoms with Crippen molar-refractivity contribution in [3.63, 3.8) is 0 Å². The van der Waals surface area contributed by atoms with Gasteiger partial charge in [0.2, 0.25) is 5.96 Å². The monoisotopic (exact) mass is 362 g/mol. The highest BCUT2D eigenvalue weighted by Gasteiger charge is 2.17. The van der Waals surface area contributed by atoms with Crippen molar-refractivity contribution in [2.45, 2.75) is 0 Å². The van der Waals surface area contributed by atoms with E-state index < -0.39 is 17.6 Å². The minimum absolute atomic E-state index is 0.209. The van der Waals surface area contributed by atoms with Crippen LogP contribution in [0.2, 0.25) is 0 Å². The van der Waals surface area contributed by atoms with Gasteiger partial charge >= 0.3 is 11.9 Å². The van der Waals surface area contributed by atoms with Gasteiger partial charge in [0.15, 0.2) is 0 Å². The van der Waals surface area contributed by atoms with Crippen LogP contribution in [-0.2, 0) is 14.3 Å². The Morgan fingerprint density at radius 3 is 2.46 bits per heavy atom. The molecule has 0 aliphatic carbocycles. The molecule has 3 N–H and O–H groups in total. The maximum atomic E-state index is 11.3. The molecule has 1 aromatic rings. The van der Waals surface area contributed by atoms with Gasteiger partial charge in [-0.3, -0.25) is 0 Å². The van der Waals surface area contributed by atoms with Crippen molar-refractivity contribution in [3.05, 3.63) is 36.0 Å². The molecule has 0 saturated carbocycles. The van der Waals surface area contributed by atoms with Gasteiger partial charge in [-0.2, -0.15) is 0 Å². The van der Waals surface area contributed by atoms with Gasteiger partial charge in [0.05, 0.1) is 30.7 Å². The largest absolute Gasteiger partial charge is 0.478 e. The van der Waals surface area contributed by atoms with Crippen LogP contribution < -0.4 is 10.2 Å². The van der Waals surface area contributed by atoms with Crippen molar-refractivity contribution in [1.82, 2.24) is 10.2 Å². The van der Waals surface area contributed by atoms with Crippen LogP contribution in [0, 0.1) is 0 Å². The molecule has 9 nitrogen and oxygen atoms in total. The van der Waals surface area contributed by atoms with Crippen LogP contribution in [0.4, 0.5) is 11.4 Å². The second-order valence-electron chi connectivity index (χ2n) is 5.74. The van der Waals surface area contributed by atoms with Gasteiger partial charge in [0.1, 0.15) is 5.70 Å². The summed E-state index contributed by atoms with van der Waals surface area (Å²) in [7, 11) is 3.37. The molecule has 0 bridgehead atoms. The average molecular weight is 362 g/mol. The van der Waals surface area contributed by atoms with Gasteiger partial charge in [-0.25, -0.2) is 14.6 Å². The SMILES string of the molecule is CN(C)C(=Nc1ccccc1N1CCOCC1)N/C(=C/C(=O)O)C(=O)O.